The Labute approximate surface area is 59.2 Å². The summed E-state index contributed by atoms with van der Waals surface area (Å²) in [6.45, 7) is 0. The molecule has 3 unspecified atom stereocenters. The van der Waals surface area contributed by atoms with E-state index in [1.807, 2.05) is 0 Å². The van der Waals surface area contributed by atoms with Crippen LogP contribution in [0.2, 0.25) is 0 Å². The van der Waals surface area contributed by atoms with Gasteiger partial charge in [0.05, 0.1) is 0 Å². The Morgan fingerprint density at radius 2 is 2.22 bits per heavy atom. The quantitative estimate of drug-likeness (QED) is 0.455. The van der Waals surface area contributed by atoms with E-state index in [-0.39, 0.29) is 0 Å². The van der Waals surface area contributed by atoms with Gasteiger partial charge in [0.25, 0.3) is 0 Å². The molecule has 0 aromatic heterocycles. The summed E-state index contributed by atoms with van der Waals surface area (Å²) in [6, 6.07) is 0. The first-order valence-corrected chi connectivity index (χ1v) is 5.20. The van der Waals surface area contributed by atoms with Crippen LogP contribution in [-0.2, 0) is 0 Å². The van der Waals surface area contributed by atoms with Crippen molar-refractivity contribution in [2.45, 2.75) is 43.4 Å². The zero-order valence-corrected chi connectivity index (χ0v) is 6.77. The second-order valence-electron chi connectivity index (χ2n) is 3.21. The molecule has 2 aliphatic rings. The molecule has 2 heterocycles. The maximum atomic E-state index is 2.56. The summed E-state index contributed by atoms with van der Waals surface area (Å²) in [5.74, 6) is 0. The van der Waals surface area contributed by atoms with E-state index in [9.17, 15) is 0 Å². The van der Waals surface area contributed by atoms with Gasteiger partial charge in [0.15, 0.2) is 0 Å². The van der Waals surface area contributed by atoms with Crippen LogP contribution in [0.5, 0.6) is 0 Å². The van der Waals surface area contributed by atoms with Gasteiger partial charge in [-0.25, -0.2) is 0 Å². The fourth-order valence-electron chi connectivity index (χ4n) is 1.97. The molecule has 0 N–H and O–H groups in total. The average molecular weight is 141 g/mol. The number of hydrogen-bond acceptors (Lipinski definition) is 0. The molecule has 2 rings (SSSR count). The number of hydrogen-bond donors (Lipinski definition) is 0. The molecule has 2 saturated heterocycles. The predicted octanol–water partition coefficient (Wildman–Crippen LogP) is 2.58. The second kappa shape index (κ2) is 2.58. The van der Waals surface area contributed by atoms with Gasteiger partial charge in [0.1, 0.15) is 0 Å². The number of fused-ring (bicyclic) bond motifs is 2. The normalized spacial score (nSPS) is 45.3. The van der Waals surface area contributed by atoms with E-state index in [0.29, 0.717) is 0 Å². The molecule has 1 heteroatoms. The van der Waals surface area contributed by atoms with Crippen LogP contribution in [0.3, 0.4) is 0 Å². The Balaban J connectivity index is 1.96. The molecule has 9 heavy (non-hydrogen) atoms. The van der Waals surface area contributed by atoms with Gasteiger partial charge in [0.2, 0.25) is 0 Å². The minimum Gasteiger partial charge on any atom is -0.115 e. The topological polar surface area (TPSA) is 0 Å². The van der Waals surface area contributed by atoms with Crippen LogP contribution in [-0.4, -0.2) is 11.3 Å². The van der Waals surface area contributed by atoms with Gasteiger partial charge in [0, 0.05) is 0 Å². The standard InChI is InChI=1S/C8H14P/c1-3-7-5-2-6-8(4-1)9-7/h3,7-9H,1-2,4-6H2. The largest absolute Gasteiger partial charge is 0.115 e. The van der Waals surface area contributed by atoms with Crippen LogP contribution in [0.25, 0.3) is 0 Å². The fourth-order valence-corrected chi connectivity index (χ4v) is 3.95. The van der Waals surface area contributed by atoms with E-state index in [1.54, 1.807) is 6.42 Å². The minimum atomic E-state index is 1.05. The van der Waals surface area contributed by atoms with Crippen molar-refractivity contribution in [3.05, 3.63) is 6.42 Å². The van der Waals surface area contributed by atoms with Crippen molar-refractivity contribution in [3.8, 4) is 0 Å². The third kappa shape index (κ3) is 1.29. The molecule has 51 valence electrons. The van der Waals surface area contributed by atoms with E-state index in [4.69, 9.17) is 0 Å². The van der Waals surface area contributed by atoms with Crippen molar-refractivity contribution in [3.63, 3.8) is 0 Å². The fraction of sp³-hybridized carbons (Fsp3) is 0.875. The van der Waals surface area contributed by atoms with E-state index in [0.717, 1.165) is 11.3 Å². The SMILES string of the molecule is [CH]1CCC2CCCC1P2. The molecule has 2 bridgehead atoms. The predicted molar refractivity (Wildman–Crippen MR) is 43.3 cm³/mol. The smallest absolute Gasteiger partial charge is 0.0203 e. The summed E-state index contributed by atoms with van der Waals surface area (Å²) < 4.78 is 0. The lowest BCUT2D eigenvalue weighted by molar-refractivity contribution is 0.543. The molecule has 0 saturated carbocycles. The van der Waals surface area contributed by atoms with E-state index in [1.165, 1.54) is 34.3 Å². The Morgan fingerprint density at radius 3 is 3.00 bits per heavy atom. The van der Waals surface area contributed by atoms with Crippen molar-refractivity contribution >= 4 is 8.58 Å². The van der Waals surface area contributed by atoms with Crippen molar-refractivity contribution < 1.29 is 0 Å². The van der Waals surface area contributed by atoms with Gasteiger partial charge in [-0.3, -0.25) is 0 Å². The molecule has 3 atom stereocenters. The van der Waals surface area contributed by atoms with Crippen molar-refractivity contribution in [2.75, 3.05) is 0 Å². The van der Waals surface area contributed by atoms with Gasteiger partial charge in [-0.05, 0) is 43.4 Å². The maximum Gasteiger partial charge on any atom is -0.0203 e. The summed E-state index contributed by atoms with van der Waals surface area (Å²) >= 11 is 0. The first kappa shape index (κ1) is 6.16. The lowest BCUT2D eigenvalue weighted by Crippen LogP contribution is -2.20. The van der Waals surface area contributed by atoms with Crippen LogP contribution < -0.4 is 0 Å². The van der Waals surface area contributed by atoms with E-state index < -0.39 is 0 Å². The van der Waals surface area contributed by atoms with E-state index in [2.05, 4.69) is 6.42 Å². The highest BCUT2D eigenvalue weighted by Gasteiger charge is 2.25. The van der Waals surface area contributed by atoms with Gasteiger partial charge in [-0.15, -0.1) is 8.58 Å². The van der Waals surface area contributed by atoms with Crippen LogP contribution in [0.4, 0.5) is 0 Å². The highest BCUT2D eigenvalue weighted by Crippen LogP contribution is 2.45. The summed E-state index contributed by atoms with van der Waals surface area (Å²) in [7, 11) is 1.30. The molecule has 0 aromatic carbocycles. The highest BCUT2D eigenvalue weighted by atomic mass is 31.1. The molecule has 2 aliphatic heterocycles. The molecule has 0 nitrogen and oxygen atoms in total. The van der Waals surface area contributed by atoms with E-state index >= 15 is 0 Å². The van der Waals surface area contributed by atoms with Gasteiger partial charge in [-0.1, -0.05) is 6.42 Å². The molecular weight excluding hydrogens is 127 g/mol. The second-order valence-corrected chi connectivity index (χ2v) is 5.11. The summed E-state index contributed by atoms with van der Waals surface area (Å²) in [5, 5.41) is 0. The molecule has 0 spiro atoms. The Hall–Kier alpha value is 0.430. The summed E-state index contributed by atoms with van der Waals surface area (Å²) in [5.41, 5.74) is 2.20. The van der Waals surface area contributed by atoms with Crippen molar-refractivity contribution in [1.82, 2.24) is 0 Å². The summed E-state index contributed by atoms with van der Waals surface area (Å²) in [6.07, 6.45) is 10.1. The zero-order chi connectivity index (χ0) is 6.10. The minimum absolute atomic E-state index is 1.05. The lowest BCUT2D eigenvalue weighted by Gasteiger charge is -2.33. The Morgan fingerprint density at radius 1 is 1.22 bits per heavy atom. The molecule has 1 radical (unpaired) electrons. The van der Waals surface area contributed by atoms with Gasteiger partial charge < -0.3 is 0 Å². The van der Waals surface area contributed by atoms with Gasteiger partial charge in [-0.2, -0.15) is 0 Å². The zero-order valence-electron chi connectivity index (χ0n) is 5.77. The first-order valence-electron chi connectivity index (χ1n) is 4.04. The maximum absolute atomic E-state index is 2.56. The molecular formula is C8H14P. The molecule has 0 aliphatic carbocycles. The van der Waals surface area contributed by atoms with Gasteiger partial charge >= 0.3 is 0 Å². The Kier molecular flexibility index (Phi) is 1.77. The third-order valence-electron chi connectivity index (χ3n) is 2.48. The molecule has 0 amide bonds. The van der Waals surface area contributed by atoms with Crippen molar-refractivity contribution in [1.29, 1.82) is 0 Å². The lowest BCUT2D eigenvalue weighted by atomic mass is 9.99. The highest BCUT2D eigenvalue weighted by molar-refractivity contribution is 7.40. The van der Waals surface area contributed by atoms with Crippen LogP contribution in [0.15, 0.2) is 0 Å². The third-order valence-corrected chi connectivity index (χ3v) is 4.49. The van der Waals surface area contributed by atoms with Crippen LogP contribution >= 0.6 is 8.58 Å². The van der Waals surface area contributed by atoms with Crippen LogP contribution in [0.1, 0.15) is 32.1 Å². The van der Waals surface area contributed by atoms with Crippen molar-refractivity contribution in [2.24, 2.45) is 0 Å². The summed E-state index contributed by atoms with van der Waals surface area (Å²) in [4.78, 5) is 0. The first-order chi connectivity index (χ1) is 4.45. The van der Waals surface area contributed by atoms with Crippen LogP contribution in [0, 0.1) is 6.42 Å². The molecule has 2 fully saturated rings. The molecule has 0 aromatic rings. The average Bonchev–Trinajstić information content (AvgIpc) is 1.88. The number of rotatable bonds is 0. The monoisotopic (exact) mass is 141 g/mol. The Bertz CT molecular complexity index is 80.7.